The Kier molecular flexibility index (Phi) is 2.52. The van der Waals surface area contributed by atoms with Gasteiger partial charge in [-0.1, -0.05) is 0 Å². The van der Waals surface area contributed by atoms with Gasteiger partial charge in [0.25, 0.3) is 0 Å². The molecule has 0 spiro atoms. The molecule has 0 aromatic rings. The zero-order valence-electron chi connectivity index (χ0n) is 3.36. The molecular formula is C3H6NSe. The molecule has 0 heterocycles. The van der Waals surface area contributed by atoms with Crippen LogP contribution in [0.1, 0.15) is 6.92 Å². The van der Waals surface area contributed by atoms with Crippen LogP contribution in [-0.4, -0.2) is 27.7 Å². The van der Waals surface area contributed by atoms with Gasteiger partial charge in [-0.3, -0.25) is 0 Å². The van der Waals surface area contributed by atoms with Crippen LogP contribution >= 0.6 is 0 Å². The standard InChI is InChI=1S/C3H6NSe/c1-3(5)4-2/h1-2H3. The van der Waals surface area contributed by atoms with E-state index in [-0.39, 0.29) is 0 Å². The Labute approximate surface area is 40.3 Å². The monoisotopic (exact) mass is 136 g/mol. The second kappa shape index (κ2) is 2.43. The number of aliphatic imine (C=N–C) groups is 1. The molecule has 0 rings (SSSR count). The third kappa shape index (κ3) is 4.19. The van der Waals surface area contributed by atoms with E-state index in [1.807, 2.05) is 6.92 Å². The molecule has 5 heavy (non-hydrogen) atoms. The van der Waals surface area contributed by atoms with Gasteiger partial charge in [-0.15, -0.1) is 0 Å². The molecule has 0 aromatic carbocycles. The van der Waals surface area contributed by atoms with Gasteiger partial charge in [-0.05, 0) is 0 Å². The van der Waals surface area contributed by atoms with Gasteiger partial charge in [0.1, 0.15) is 0 Å². The number of hydrogen-bond acceptors (Lipinski definition) is 1. The summed E-state index contributed by atoms with van der Waals surface area (Å²) in [7, 11) is 1.76. The van der Waals surface area contributed by atoms with Gasteiger partial charge in [-0.2, -0.15) is 0 Å². The first kappa shape index (κ1) is 5.19. The van der Waals surface area contributed by atoms with E-state index in [1.165, 1.54) is 0 Å². The van der Waals surface area contributed by atoms with E-state index in [2.05, 4.69) is 21.0 Å². The van der Waals surface area contributed by atoms with Crippen molar-refractivity contribution in [3.8, 4) is 0 Å². The number of nitrogens with zero attached hydrogens (tertiary/aromatic N) is 1. The topological polar surface area (TPSA) is 12.4 Å². The first-order chi connectivity index (χ1) is 2.27. The maximum absolute atomic E-state index is 3.75. The predicted molar refractivity (Wildman–Crippen MR) is 24.8 cm³/mol. The second-order valence-electron chi connectivity index (χ2n) is 0.743. The fourth-order valence-corrected chi connectivity index (χ4v) is 0. The molecule has 0 unspecified atom stereocenters. The molecule has 0 aliphatic rings. The van der Waals surface area contributed by atoms with E-state index in [0.717, 1.165) is 4.61 Å². The molecule has 0 saturated carbocycles. The molecule has 1 nitrogen and oxygen atoms in total. The van der Waals surface area contributed by atoms with Gasteiger partial charge in [0, 0.05) is 0 Å². The van der Waals surface area contributed by atoms with Gasteiger partial charge in [0.05, 0.1) is 0 Å². The molecule has 0 atom stereocenters. The molecule has 29 valence electrons. The van der Waals surface area contributed by atoms with Crippen molar-refractivity contribution < 1.29 is 0 Å². The summed E-state index contributed by atoms with van der Waals surface area (Å²) < 4.78 is 1.00. The van der Waals surface area contributed by atoms with E-state index in [0.29, 0.717) is 0 Å². The van der Waals surface area contributed by atoms with Gasteiger partial charge >= 0.3 is 39.6 Å². The summed E-state index contributed by atoms with van der Waals surface area (Å²) in [6, 6.07) is 0. The second-order valence-corrected chi connectivity index (χ2v) is 1.98. The van der Waals surface area contributed by atoms with Crippen LogP contribution in [0.4, 0.5) is 0 Å². The molecule has 0 bridgehead atoms. The number of rotatable bonds is 0. The molecule has 2 heteroatoms. The maximum atomic E-state index is 3.75. The van der Waals surface area contributed by atoms with Crippen LogP contribution in [0.25, 0.3) is 0 Å². The van der Waals surface area contributed by atoms with Crippen LogP contribution in [-0.2, 0) is 0 Å². The van der Waals surface area contributed by atoms with E-state index in [1.54, 1.807) is 7.05 Å². The van der Waals surface area contributed by atoms with Crippen LogP contribution < -0.4 is 0 Å². The normalized spacial score (nSPS) is 12.0. The summed E-state index contributed by atoms with van der Waals surface area (Å²) in [5.74, 6) is 0. The molecule has 0 aromatic heterocycles. The van der Waals surface area contributed by atoms with Crippen molar-refractivity contribution in [2.24, 2.45) is 4.99 Å². The minimum absolute atomic E-state index is 1.00. The van der Waals surface area contributed by atoms with Crippen LogP contribution in [0, 0.1) is 0 Å². The first-order valence-corrected chi connectivity index (χ1v) is 2.23. The summed E-state index contributed by atoms with van der Waals surface area (Å²) in [6.07, 6.45) is 0. The molecule has 0 aliphatic heterocycles. The average Bonchev–Trinajstić information content (AvgIpc) is 1.38. The van der Waals surface area contributed by atoms with Crippen molar-refractivity contribution in [2.75, 3.05) is 7.05 Å². The molecular weight excluding hydrogens is 129 g/mol. The van der Waals surface area contributed by atoms with Crippen LogP contribution in [0.3, 0.4) is 0 Å². The Morgan fingerprint density at radius 3 is 2.00 bits per heavy atom. The first-order valence-electron chi connectivity index (χ1n) is 1.37. The molecule has 0 N–H and O–H groups in total. The summed E-state index contributed by atoms with van der Waals surface area (Å²) >= 11 is 2.74. The average molecular weight is 135 g/mol. The van der Waals surface area contributed by atoms with Crippen LogP contribution in [0.5, 0.6) is 0 Å². The van der Waals surface area contributed by atoms with Crippen molar-refractivity contribution >= 4 is 20.6 Å². The summed E-state index contributed by atoms with van der Waals surface area (Å²) in [4.78, 5) is 3.75. The molecule has 0 saturated heterocycles. The van der Waals surface area contributed by atoms with Crippen molar-refractivity contribution in [3.63, 3.8) is 0 Å². The van der Waals surface area contributed by atoms with Crippen molar-refractivity contribution in [3.05, 3.63) is 0 Å². The van der Waals surface area contributed by atoms with Crippen LogP contribution in [0.2, 0.25) is 0 Å². The Morgan fingerprint density at radius 1 is 1.80 bits per heavy atom. The van der Waals surface area contributed by atoms with E-state index >= 15 is 0 Å². The van der Waals surface area contributed by atoms with E-state index in [4.69, 9.17) is 0 Å². The number of hydrogen-bond donors (Lipinski definition) is 0. The third-order valence-corrected chi connectivity index (χ3v) is 0.698. The zero-order valence-corrected chi connectivity index (χ0v) is 5.07. The van der Waals surface area contributed by atoms with Gasteiger partial charge in [0.2, 0.25) is 0 Å². The molecule has 1 radical (unpaired) electrons. The molecule has 0 aliphatic carbocycles. The summed E-state index contributed by atoms with van der Waals surface area (Å²) in [5, 5.41) is 0. The van der Waals surface area contributed by atoms with Gasteiger partial charge in [0.15, 0.2) is 0 Å². The van der Waals surface area contributed by atoms with Gasteiger partial charge < -0.3 is 0 Å². The van der Waals surface area contributed by atoms with Crippen LogP contribution in [0.15, 0.2) is 4.99 Å². The van der Waals surface area contributed by atoms with E-state index < -0.39 is 0 Å². The minimum atomic E-state index is 1.00. The van der Waals surface area contributed by atoms with Crippen molar-refractivity contribution in [2.45, 2.75) is 6.92 Å². The third-order valence-electron chi connectivity index (χ3n) is 0.315. The SMILES string of the molecule is CN=C(C)[Se]. The quantitative estimate of drug-likeness (QED) is 0.332. The zero-order chi connectivity index (χ0) is 4.28. The molecule has 0 amide bonds. The fraction of sp³-hybridized carbons (Fsp3) is 0.667. The van der Waals surface area contributed by atoms with Gasteiger partial charge in [-0.25, -0.2) is 0 Å². The van der Waals surface area contributed by atoms with E-state index in [9.17, 15) is 0 Å². The Balaban J connectivity index is 3.14. The summed E-state index contributed by atoms with van der Waals surface area (Å²) in [5.41, 5.74) is 0. The molecule has 0 fully saturated rings. The summed E-state index contributed by atoms with van der Waals surface area (Å²) in [6.45, 7) is 1.92. The Hall–Kier alpha value is 0.189. The Morgan fingerprint density at radius 2 is 2.00 bits per heavy atom. The fourth-order valence-electron chi connectivity index (χ4n) is 0. The Bertz CT molecular complexity index is 44.9. The predicted octanol–water partition coefficient (Wildman–Crippen LogP) is 0.203. The van der Waals surface area contributed by atoms with Crippen molar-refractivity contribution in [1.82, 2.24) is 0 Å². The van der Waals surface area contributed by atoms with Crippen molar-refractivity contribution in [1.29, 1.82) is 0 Å².